The molecule has 2 heterocycles. The van der Waals surface area contributed by atoms with E-state index >= 15 is 0 Å². The minimum atomic E-state index is 0.851. The highest BCUT2D eigenvalue weighted by Crippen LogP contribution is 2.32. The third-order valence-corrected chi connectivity index (χ3v) is 4.83. The molecule has 0 saturated carbocycles. The highest BCUT2D eigenvalue weighted by molar-refractivity contribution is 8.02. The van der Waals surface area contributed by atoms with E-state index < -0.39 is 0 Å². The molecule has 0 fully saturated rings. The number of thioether (sulfide) groups is 1. The third kappa shape index (κ3) is 3.82. The van der Waals surface area contributed by atoms with Crippen molar-refractivity contribution >= 4 is 40.7 Å². The molecule has 5 nitrogen and oxygen atoms in total. The fourth-order valence-electron chi connectivity index (χ4n) is 1.16. The Balaban J connectivity index is 2.04. The fourth-order valence-corrected chi connectivity index (χ4v) is 3.51. The van der Waals surface area contributed by atoms with Crippen LogP contribution in [0.2, 0.25) is 0 Å². The molecular formula is C10H13N5S3. The van der Waals surface area contributed by atoms with Gasteiger partial charge in [-0.05, 0) is 24.4 Å². The number of rotatable bonds is 6. The molecule has 1 N–H and O–H groups in total. The quantitative estimate of drug-likeness (QED) is 0.649. The van der Waals surface area contributed by atoms with Crippen molar-refractivity contribution in [2.45, 2.75) is 27.0 Å². The number of hydrogen-bond donors (Lipinski definition) is 1. The van der Waals surface area contributed by atoms with E-state index in [2.05, 4.69) is 32.4 Å². The van der Waals surface area contributed by atoms with Gasteiger partial charge in [-0.15, -0.1) is 10.2 Å². The van der Waals surface area contributed by atoms with Crippen molar-refractivity contribution in [3.05, 3.63) is 12.4 Å². The monoisotopic (exact) mass is 299 g/mol. The largest absolute Gasteiger partial charge is 0.370 e. The van der Waals surface area contributed by atoms with Gasteiger partial charge in [-0.1, -0.05) is 30.0 Å². The standard InChI is InChI=1S/C10H13N5S3/c1-3-4-11-7-5-8(13-6-12-7)17-10-15-14-9(16-2)18-10/h5-6H,3-4H2,1-2H3,(H,11,12,13). The van der Waals surface area contributed by atoms with Gasteiger partial charge in [0, 0.05) is 12.6 Å². The third-order valence-electron chi connectivity index (χ3n) is 1.95. The molecule has 0 saturated heterocycles. The van der Waals surface area contributed by atoms with Crippen molar-refractivity contribution in [2.75, 3.05) is 18.1 Å². The molecule has 0 aliphatic rings. The van der Waals surface area contributed by atoms with Gasteiger partial charge in [0.1, 0.15) is 17.2 Å². The molecule has 0 bridgehead atoms. The summed E-state index contributed by atoms with van der Waals surface area (Å²) in [6, 6.07) is 1.93. The number of anilines is 1. The van der Waals surface area contributed by atoms with Crippen LogP contribution in [-0.2, 0) is 0 Å². The summed E-state index contributed by atoms with van der Waals surface area (Å²) in [5, 5.41) is 12.3. The number of aromatic nitrogens is 4. The second-order valence-corrected chi connectivity index (χ2v) is 6.61. The van der Waals surface area contributed by atoms with E-state index in [1.807, 2.05) is 12.3 Å². The topological polar surface area (TPSA) is 63.6 Å². The lowest BCUT2D eigenvalue weighted by atomic mass is 10.4. The zero-order valence-electron chi connectivity index (χ0n) is 10.1. The molecule has 0 radical (unpaired) electrons. The van der Waals surface area contributed by atoms with Crippen LogP contribution < -0.4 is 5.32 Å². The Bertz CT molecular complexity index is 502. The van der Waals surface area contributed by atoms with E-state index in [0.29, 0.717) is 0 Å². The number of nitrogens with zero attached hydrogens (tertiary/aromatic N) is 4. The summed E-state index contributed by atoms with van der Waals surface area (Å²) in [5.74, 6) is 0.851. The molecule has 2 aromatic rings. The molecule has 0 aliphatic heterocycles. The SMILES string of the molecule is CCCNc1cc(Sc2nnc(SC)s2)ncn1. The summed E-state index contributed by atoms with van der Waals surface area (Å²) >= 11 is 4.69. The maximum atomic E-state index is 4.22. The molecule has 96 valence electrons. The van der Waals surface area contributed by atoms with Crippen LogP contribution in [0.5, 0.6) is 0 Å². The minimum Gasteiger partial charge on any atom is -0.370 e. The normalized spacial score (nSPS) is 10.6. The summed E-state index contributed by atoms with van der Waals surface area (Å²) in [6.45, 7) is 3.03. The van der Waals surface area contributed by atoms with Crippen molar-refractivity contribution < 1.29 is 0 Å². The second kappa shape index (κ2) is 6.91. The van der Waals surface area contributed by atoms with Gasteiger partial charge < -0.3 is 5.32 Å². The highest BCUT2D eigenvalue weighted by Gasteiger charge is 2.07. The summed E-state index contributed by atoms with van der Waals surface area (Å²) in [7, 11) is 0. The average molecular weight is 299 g/mol. The fraction of sp³-hybridized carbons (Fsp3) is 0.400. The molecule has 0 spiro atoms. The predicted molar refractivity (Wildman–Crippen MR) is 76.6 cm³/mol. The van der Waals surface area contributed by atoms with E-state index in [4.69, 9.17) is 0 Å². The zero-order chi connectivity index (χ0) is 12.8. The predicted octanol–water partition coefficient (Wildman–Crippen LogP) is 3.02. The molecule has 0 amide bonds. The van der Waals surface area contributed by atoms with Crippen molar-refractivity contribution in [1.82, 2.24) is 20.2 Å². The molecule has 0 aromatic carbocycles. The Morgan fingerprint density at radius 1 is 1.28 bits per heavy atom. The number of hydrogen-bond acceptors (Lipinski definition) is 8. The Morgan fingerprint density at radius 3 is 2.83 bits per heavy atom. The zero-order valence-corrected chi connectivity index (χ0v) is 12.5. The van der Waals surface area contributed by atoms with Crippen molar-refractivity contribution in [2.24, 2.45) is 0 Å². The van der Waals surface area contributed by atoms with E-state index in [0.717, 1.165) is 32.5 Å². The summed E-state index contributed by atoms with van der Waals surface area (Å²) in [6.07, 6.45) is 4.63. The average Bonchev–Trinajstić information content (AvgIpc) is 2.84. The van der Waals surface area contributed by atoms with E-state index in [1.54, 1.807) is 29.4 Å². The Hall–Kier alpha value is -0.860. The Kier molecular flexibility index (Phi) is 5.21. The summed E-state index contributed by atoms with van der Waals surface area (Å²) < 4.78 is 1.87. The smallest absolute Gasteiger partial charge is 0.181 e. The highest BCUT2D eigenvalue weighted by atomic mass is 32.2. The molecular weight excluding hydrogens is 286 g/mol. The van der Waals surface area contributed by atoms with E-state index in [1.165, 1.54) is 11.8 Å². The first-order chi connectivity index (χ1) is 8.81. The van der Waals surface area contributed by atoms with Crippen molar-refractivity contribution in [3.8, 4) is 0 Å². The van der Waals surface area contributed by atoms with Gasteiger partial charge in [0.05, 0.1) is 0 Å². The summed E-state index contributed by atoms with van der Waals surface area (Å²) in [4.78, 5) is 8.39. The maximum Gasteiger partial charge on any atom is 0.181 e. The van der Waals surface area contributed by atoms with Crippen LogP contribution in [0.1, 0.15) is 13.3 Å². The van der Waals surface area contributed by atoms with Crippen LogP contribution in [0.4, 0.5) is 5.82 Å². The van der Waals surface area contributed by atoms with Crippen LogP contribution in [0.3, 0.4) is 0 Å². The lowest BCUT2D eigenvalue weighted by molar-refractivity contribution is 0.944. The second-order valence-electron chi connectivity index (χ2n) is 3.31. The van der Waals surface area contributed by atoms with Crippen molar-refractivity contribution in [3.63, 3.8) is 0 Å². The molecule has 18 heavy (non-hydrogen) atoms. The maximum absolute atomic E-state index is 4.22. The summed E-state index contributed by atoms with van der Waals surface area (Å²) in [5.41, 5.74) is 0. The van der Waals surface area contributed by atoms with Gasteiger partial charge in [0.25, 0.3) is 0 Å². The first kappa shape index (κ1) is 13.6. The van der Waals surface area contributed by atoms with Gasteiger partial charge >= 0.3 is 0 Å². The van der Waals surface area contributed by atoms with E-state index in [-0.39, 0.29) is 0 Å². The first-order valence-corrected chi connectivity index (χ1v) is 8.29. The lowest BCUT2D eigenvalue weighted by Gasteiger charge is -2.03. The van der Waals surface area contributed by atoms with Crippen molar-refractivity contribution in [1.29, 1.82) is 0 Å². The molecule has 0 aliphatic carbocycles. The first-order valence-electron chi connectivity index (χ1n) is 5.43. The molecule has 8 heteroatoms. The van der Waals surface area contributed by atoms with Crippen LogP contribution in [-0.4, -0.2) is 33.0 Å². The van der Waals surface area contributed by atoms with Gasteiger partial charge in [0.15, 0.2) is 8.68 Å². The Morgan fingerprint density at radius 2 is 2.11 bits per heavy atom. The number of nitrogens with one attached hydrogen (secondary N) is 1. The van der Waals surface area contributed by atoms with E-state index in [9.17, 15) is 0 Å². The van der Waals surface area contributed by atoms with Gasteiger partial charge in [-0.2, -0.15) is 0 Å². The molecule has 2 aromatic heterocycles. The van der Waals surface area contributed by atoms with Gasteiger partial charge in [-0.25, -0.2) is 9.97 Å². The van der Waals surface area contributed by atoms with Gasteiger partial charge in [0.2, 0.25) is 0 Å². The molecule has 0 unspecified atom stereocenters. The van der Waals surface area contributed by atoms with Gasteiger partial charge in [-0.3, -0.25) is 0 Å². The lowest BCUT2D eigenvalue weighted by Crippen LogP contribution is -2.02. The van der Waals surface area contributed by atoms with Crippen LogP contribution in [0.15, 0.2) is 26.1 Å². The molecule has 2 rings (SSSR count). The van der Waals surface area contributed by atoms with Crippen LogP contribution in [0, 0.1) is 0 Å². The minimum absolute atomic E-state index is 0.851. The Labute approximate surface area is 118 Å². The molecule has 0 atom stereocenters. The van der Waals surface area contributed by atoms with Crippen LogP contribution in [0.25, 0.3) is 0 Å². The van der Waals surface area contributed by atoms with Crippen LogP contribution >= 0.6 is 34.9 Å².